The molecule has 6 heteroatoms. The van der Waals surface area contributed by atoms with Gasteiger partial charge in [-0.05, 0) is 66.3 Å². The van der Waals surface area contributed by atoms with Crippen LogP contribution in [0.5, 0.6) is 17.2 Å². The molecule has 5 nitrogen and oxygen atoms in total. The van der Waals surface area contributed by atoms with Crippen molar-refractivity contribution in [3.05, 3.63) is 120 Å². The Morgan fingerprint density at radius 1 is 0.735 bits per heavy atom. The van der Waals surface area contributed by atoms with Gasteiger partial charge in [0.05, 0.1) is 12.2 Å². The lowest BCUT2D eigenvalue weighted by Gasteiger charge is -2.13. The van der Waals surface area contributed by atoms with Crippen LogP contribution >= 0.6 is 12.2 Å². The molecule has 0 saturated heterocycles. The first kappa shape index (κ1) is 23.0. The fraction of sp³-hybridized carbons (Fsp3) is 0.0714. The minimum atomic E-state index is -0.336. The number of anilines is 1. The zero-order valence-electron chi connectivity index (χ0n) is 18.4. The Morgan fingerprint density at radius 3 is 2.09 bits per heavy atom. The summed E-state index contributed by atoms with van der Waals surface area (Å²) in [7, 11) is 0. The van der Waals surface area contributed by atoms with E-state index < -0.39 is 0 Å². The zero-order chi connectivity index (χ0) is 23.6. The number of hydrogen-bond donors (Lipinski definition) is 2. The molecule has 0 aromatic heterocycles. The Morgan fingerprint density at radius 2 is 1.35 bits per heavy atom. The van der Waals surface area contributed by atoms with E-state index in [4.69, 9.17) is 21.7 Å². The van der Waals surface area contributed by atoms with Crippen LogP contribution in [0.3, 0.4) is 0 Å². The largest absolute Gasteiger partial charge is 0.492 e. The first-order valence-corrected chi connectivity index (χ1v) is 11.3. The highest BCUT2D eigenvalue weighted by Crippen LogP contribution is 2.23. The fourth-order valence-electron chi connectivity index (χ4n) is 3.27. The number of rotatable bonds is 8. The average molecular weight is 469 g/mol. The molecule has 4 aromatic carbocycles. The number of nitrogens with one attached hydrogen (secondary N) is 2. The molecule has 0 aliphatic rings. The van der Waals surface area contributed by atoms with E-state index in [-0.39, 0.29) is 11.0 Å². The molecule has 0 radical (unpaired) electrons. The van der Waals surface area contributed by atoms with Crippen molar-refractivity contribution in [2.75, 3.05) is 11.9 Å². The molecule has 4 aromatic rings. The van der Waals surface area contributed by atoms with Crippen LogP contribution in [0.25, 0.3) is 0 Å². The highest BCUT2D eigenvalue weighted by Gasteiger charge is 2.14. The van der Waals surface area contributed by atoms with E-state index in [2.05, 4.69) is 10.6 Å². The molecule has 0 heterocycles. The van der Waals surface area contributed by atoms with E-state index >= 15 is 0 Å². The van der Waals surface area contributed by atoms with Crippen molar-refractivity contribution in [1.82, 2.24) is 5.32 Å². The van der Waals surface area contributed by atoms with Crippen LogP contribution in [0, 0.1) is 0 Å². The number of amides is 1. The second-order valence-corrected chi connectivity index (χ2v) is 7.84. The first-order chi connectivity index (χ1) is 16.7. The zero-order valence-corrected chi connectivity index (χ0v) is 19.3. The summed E-state index contributed by atoms with van der Waals surface area (Å²) in [6.45, 7) is 0.467. The molecule has 1 amide bonds. The van der Waals surface area contributed by atoms with Crippen LogP contribution in [0.4, 0.5) is 5.69 Å². The van der Waals surface area contributed by atoms with Crippen LogP contribution in [-0.4, -0.2) is 17.6 Å². The predicted octanol–water partition coefficient (Wildman–Crippen LogP) is 6.23. The molecule has 2 N–H and O–H groups in total. The van der Waals surface area contributed by atoms with Crippen molar-refractivity contribution >= 4 is 28.9 Å². The highest BCUT2D eigenvalue weighted by molar-refractivity contribution is 7.80. The summed E-state index contributed by atoms with van der Waals surface area (Å²) in [5, 5.41) is 5.93. The number of benzene rings is 4. The molecule has 0 aliphatic carbocycles. The van der Waals surface area contributed by atoms with E-state index in [1.54, 1.807) is 18.2 Å². The van der Waals surface area contributed by atoms with Gasteiger partial charge in [0.15, 0.2) is 5.11 Å². The van der Waals surface area contributed by atoms with Gasteiger partial charge in [-0.3, -0.25) is 10.1 Å². The maximum atomic E-state index is 12.8. The monoisotopic (exact) mass is 468 g/mol. The second-order valence-electron chi connectivity index (χ2n) is 7.43. The summed E-state index contributed by atoms with van der Waals surface area (Å²) < 4.78 is 11.7. The Balaban J connectivity index is 1.30. The van der Waals surface area contributed by atoms with Gasteiger partial charge < -0.3 is 14.8 Å². The van der Waals surface area contributed by atoms with Gasteiger partial charge >= 0.3 is 0 Å². The van der Waals surface area contributed by atoms with Gasteiger partial charge in [-0.2, -0.15) is 0 Å². The van der Waals surface area contributed by atoms with Crippen molar-refractivity contribution in [2.24, 2.45) is 0 Å². The molecule has 0 atom stereocenters. The average Bonchev–Trinajstić information content (AvgIpc) is 2.87. The minimum absolute atomic E-state index is 0.195. The molecule has 0 unspecified atom stereocenters. The smallest absolute Gasteiger partial charge is 0.261 e. The number of carbonyl (C=O) groups excluding carboxylic acids is 1. The molecule has 0 fully saturated rings. The van der Waals surface area contributed by atoms with Gasteiger partial charge in [-0.1, -0.05) is 60.7 Å². The molecule has 4 rings (SSSR count). The summed E-state index contributed by atoms with van der Waals surface area (Å²) in [5.41, 5.74) is 2.33. The lowest BCUT2D eigenvalue weighted by molar-refractivity contribution is 0.0974. The Labute approximate surface area is 204 Å². The quantitative estimate of drug-likeness (QED) is 0.300. The third-order valence-electron chi connectivity index (χ3n) is 4.94. The van der Waals surface area contributed by atoms with Gasteiger partial charge in [0.1, 0.15) is 17.2 Å². The Bertz CT molecular complexity index is 1230. The van der Waals surface area contributed by atoms with Crippen molar-refractivity contribution in [2.45, 2.75) is 6.42 Å². The van der Waals surface area contributed by atoms with Crippen molar-refractivity contribution in [3.63, 3.8) is 0 Å². The maximum absolute atomic E-state index is 12.8. The highest BCUT2D eigenvalue weighted by atomic mass is 32.1. The maximum Gasteiger partial charge on any atom is 0.261 e. The third-order valence-corrected chi connectivity index (χ3v) is 5.15. The van der Waals surface area contributed by atoms with E-state index in [0.717, 1.165) is 17.9 Å². The van der Waals surface area contributed by atoms with Crippen LogP contribution in [0.1, 0.15) is 15.9 Å². The summed E-state index contributed by atoms with van der Waals surface area (Å²) in [5.74, 6) is 1.64. The molecule has 34 heavy (non-hydrogen) atoms. The van der Waals surface area contributed by atoms with Gasteiger partial charge in [0.25, 0.3) is 5.91 Å². The van der Waals surface area contributed by atoms with E-state index in [0.29, 0.717) is 23.7 Å². The normalized spacial score (nSPS) is 10.2. The minimum Gasteiger partial charge on any atom is -0.492 e. The summed E-state index contributed by atoms with van der Waals surface area (Å²) in [6, 6.07) is 34.1. The van der Waals surface area contributed by atoms with Crippen LogP contribution in [0.15, 0.2) is 109 Å². The predicted molar refractivity (Wildman–Crippen MR) is 139 cm³/mol. The number of hydrogen-bond acceptors (Lipinski definition) is 4. The number of thiocarbonyl (C=S) groups is 1. The van der Waals surface area contributed by atoms with Gasteiger partial charge in [0.2, 0.25) is 0 Å². The lowest BCUT2D eigenvalue weighted by atomic mass is 10.1. The molecule has 0 spiro atoms. The molecular formula is C28H24N2O3S. The van der Waals surface area contributed by atoms with Crippen LogP contribution in [0.2, 0.25) is 0 Å². The van der Waals surface area contributed by atoms with Gasteiger partial charge in [0, 0.05) is 12.1 Å². The summed E-state index contributed by atoms with van der Waals surface area (Å²) >= 11 is 5.33. The van der Waals surface area contributed by atoms with Crippen LogP contribution in [-0.2, 0) is 6.42 Å². The SMILES string of the molecule is O=C(NC(=S)Nc1ccc(Oc2ccccc2)cc1)c1ccccc1OCCc1ccccc1. The number of ether oxygens (including phenoxy) is 2. The van der Waals surface area contributed by atoms with Crippen molar-refractivity contribution < 1.29 is 14.3 Å². The van der Waals surface area contributed by atoms with E-state index in [1.807, 2.05) is 91.0 Å². The molecule has 0 bridgehead atoms. The Hall–Kier alpha value is -4.16. The summed E-state index contributed by atoms with van der Waals surface area (Å²) in [4.78, 5) is 12.8. The van der Waals surface area contributed by atoms with E-state index in [1.165, 1.54) is 5.56 Å². The Kier molecular flexibility index (Phi) is 7.87. The van der Waals surface area contributed by atoms with Gasteiger partial charge in [-0.15, -0.1) is 0 Å². The number of carbonyl (C=O) groups is 1. The van der Waals surface area contributed by atoms with Crippen molar-refractivity contribution in [3.8, 4) is 17.2 Å². The number of para-hydroxylation sites is 2. The second kappa shape index (κ2) is 11.6. The molecule has 170 valence electrons. The summed E-state index contributed by atoms with van der Waals surface area (Å²) in [6.07, 6.45) is 0.751. The third kappa shape index (κ3) is 6.67. The first-order valence-electron chi connectivity index (χ1n) is 10.9. The van der Waals surface area contributed by atoms with E-state index in [9.17, 15) is 4.79 Å². The standard InChI is InChI=1S/C28H24N2O3S/c31-27(25-13-7-8-14-26(25)32-20-19-21-9-3-1-4-10-21)30-28(34)29-22-15-17-24(18-16-22)33-23-11-5-2-6-12-23/h1-18H,19-20H2,(H2,29,30,31,34). The molecule has 0 aliphatic heterocycles. The molecule has 0 saturated carbocycles. The topological polar surface area (TPSA) is 59.6 Å². The lowest BCUT2D eigenvalue weighted by Crippen LogP contribution is -2.34. The fourth-order valence-corrected chi connectivity index (χ4v) is 3.48. The molecular weight excluding hydrogens is 444 g/mol. The van der Waals surface area contributed by atoms with Gasteiger partial charge in [-0.25, -0.2) is 0 Å². The van der Waals surface area contributed by atoms with Crippen LogP contribution < -0.4 is 20.1 Å². The van der Waals surface area contributed by atoms with Crippen molar-refractivity contribution in [1.29, 1.82) is 0 Å².